The molecule has 0 aliphatic heterocycles. The second kappa shape index (κ2) is 7.48. The number of sulfonamides is 1. The molecule has 0 aliphatic rings. The van der Waals surface area contributed by atoms with Gasteiger partial charge in [0.05, 0.1) is 12.2 Å². The second-order valence-electron chi connectivity index (χ2n) is 5.90. The molecular formula is C20H17ClFNO2S. The highest BCUT2D eigenvalue weighted by Crippen LogP contribution is 2.28. The van der Waals surface area contributed by atoms with E-state index < -0.39 is 15.8 Å². The molecule has 6 heteroatoms. The molecule has 0 amide bonds. The maximum Gasteiger partial charge on any atom is 0.267 e. The Hall–Kier alpha value is -2.37. The first-order chi connectivity index (χ1) is 12.4. The molecule has 134 valence electrons. The minimum absolute atomic E-state index is 0.0819. The first kappa shape index (κ1) is 18.4. The summed E-state index contributed by atoms with van der Waals surface area (Å²) < 4.78 is 41.7. The first-order valence-corrected chi connectivity index (χ1v) is 9.78. The van der Waals surface area contributed by atoms with Crippen LogP contribution in [-0.4, -0.2) is 8.42 Å². The number of benzene rings is 3. The SMILES string of the molecule is Cc1ccc(CN(c2ccc(Cl)cc2)S(=O)(=O)c2ccccc2F)cc1. The summed E-state index contributed by atoms with van der Waals surface area (Å²) in [5.41, 5.74) is 2.28. The molecule has 0 bridgehead atoms. The van der Waals surface area contributed by atoms with Gasteiger partial charge in [0.1, 0.15) is 10.7 Å². The Balaban J connectivity index is 2.09. The maximum absolute atomic E-state index is 14.2. The summed E-state index contributed by atoms with van der Waals surface area (Å²) in [4.78, 5) is -0.359. The van der Waals surface area contributed by atoms with Crippen LogP contribution >= 0.6 is 11.6 Å². The van der Waals surface area contributed by atoms with E-state index in [1.165, 1.54) is 22.5 Å². The fourth-order valence-corrected chi connectivity index (χ4v) is 4.20. The quantitative estimate of drug-likeness (QED) is 0.602. The van der Waals surface area contributed by atoms with Crippen LogP contribution in [-0.2, 0) is 16.6 Å². The van der Waals surface area contributed by atoms with Gasteiger partial charge in [-0.25, -0.2) is 12.8 Å². The Bertz CT molecular complexity index is 1000. The Labute approximate surface area is 157 Å². The Morgan fingerprint density at radius 2 is 1.54 bits per heavy atom. The van der Waals surface area contributed by atoms with Crippen molar-refractivity contribution in [3.05, 3.63) is 94.8 Å². The molecule has 0 heterocycles. The Kier molecular flexibility index (Phi) is 5.30. The molecule has 0 fully saturated rings. The van der Waals surface area contributed by atoms with E-state index in [0.29, 0.717) is 10.7 Å². The second-order valence-corrected chi connectivity index (χ2v) is 8.17. The van der Waals surface area contributed by atoms with Crippen LogP contribution in [0.5, 0.6) is 0 Å². The topological polar surface area (TPSA) is 37.4 Å². The van der Waals surface area contributed by atoms with Crippen LogP contribution in [0.1, 0.15) is 11.1 Å². The van der Waals surface area contributed by atoms with E-state index in [-0.39, 0.29) is 11.4 Å². The van der Waals surface area contributed by atoms with E-state index in [9.17, 15) is 12.8 Å². The molecule has 0 aliphatic carbocycles. The zero-order chi connectivity index (χ0) is 18.7. The van der Waals surface area contributed by atoms with E-state index in [4.69, 9.17) is 11.6 Å². The van der Waals surface area contributed by atoms with Crippen LogP contribution in [0.25, 0.3) is 0 Å². The summed E-state index contributed by atoms with van der Waals surface area (Å²) in [5, 5.41) is 0.493. The third-order valence-corrected chi connectivity index (χ3v) is 6.03. The highest BCUT2D eigenvalue weighted by molar-refractivity contribution is 7.92. The summed E-state index contributed by atoms with van der Waals surface area (Å²) in [6.45, 7) is 2.04. The van der Waals surface area contributed by atoms with Crippen molar-refractivity contribution in [1.29, 1.82) is 0 Å². The maximum atomic E-state index is 14.2. The lowest BCUT2D eigenvalue weighted by molar-refractivity contribution is 0.563. The highest BCUT2D eigenvalue weighted by Gasteiger charge is 2.28. The molecule has 3 aromatic rings. The minimum atomic E-state index is -4.09. The first-order valence-electron chi connectivity index (χ1n) is 7.96. The van der Waals surface area contributed by atoms with Crippen molar-refractivity contribution in [3.8, 4) is 0 Å². The van der Waals surface area contributed by atoms with Crippen molar-refractivity contribution in [2.45, 2.75) is 18.4 Å². The third kappa shape index (κ3) is 3.89. The molecular weight excluding hydrogens is 373 g/mol. The molecule has 3 rings (SSSR count). The molecule has 26 heavy (non-hydrogen) atoms. The van der Waals surface area contributed by atoms with Gasteiger partial charge in [0, 0.05) is 5.02 Å². The number of rotatable bonds is 5. The van der Waals surface area contributed by atoms with Gasteiger partial charge in [-0.1, -0.05) is 53.6 Å². The van der Waals surface area contributed by atoms with Gasteiger partial charge < -0.3 is 0 Å². The smallest absolute Gasteiger partial charge is 0.262 e. The number of aryl methyl sites for hydroxylation is 1. The van der Waals surface area contributed by atoms with Gasteiger partial charge >= 0.3 is 0 Å². The molecule has 0 aromatic heterocycles. The molecule has 0 spiro atoms. The predicted molar refractivity (Wildman–Crippen MR) is 102 cm³/mol. The van der Waals surface area contributed by atoms with Crippen LogP contribution in [0.3, 0.4) is 0 Å². The van der Waals surface area contributed by atoms with Gasteiger partial charge in [-0.2, -0.15) is 0 Å². The molecule has 0 radical (unpaired) electrons. The van der Waals surface area contributed by atoms with Crippen LogP contribution in [0, 0.1) is 12.7 Å². The van der Waals surface area contributed by atoms with Crippen LogP contribution in [0.15, 0.2) is 77.7 Å². The minimum Gasteiger partial charge on any atom is -0.262 e. The van der Waals surface area contributed by atoms with Gasteiger partial charge in [0.15, 0.2) is 0 Å². The lowest BCUT2D eigenvalue weighted by Gasteiger charge is -2.25. The molecule has 0 atom stereocenters. The number of hydrogen-bond donors (Lipinski definition) is 0. The van der Waals surface area contributed by atoms with Crippen LogP contribution in [0.4, 0.5) is 10.1 Å². The number of hydrogen-bond acceptors (Lipinski definition) is 2. The third-order valence-electron chi connectivity index (χ3n) is 3.97. The van der Waals surface area contributed by atoms with E-state index in [1.54, 1.807) is 24.3 Å². The summed E-state index contributed by atoms with van der Waals surface area (Å²) in [6, 6.07) is 19.3. The van der Waals surface area contributed by atoms with Crippen molar-refractivity contribution in [2.75, 3.05) is 4.31 Å². The van der Waals surface area contributed by atoms with Gasteiger partial charge in [0.25, 0.3) is 10.0 Å². The van der Waals surface area contributed by atoms with Crippen molar-refractivity contribution >= 4 is 27.3 Å². The summed E-state index contributed by atoms with van der Waals surface area (Å²) >= 11 is 5.92. The zero-order valence-electron chi connectivity index (χ0n) is 14.1. The largest absolute Gasteiger partial charge is 0.267 e. The molecule has 0 saturated carbocycles. The normalized spacial score (nSPS) is 11.3. The number of halogens is 2. The average Bonchev–Trinajstić information content (AvgIpc) is 2.62. The molecule has 3 nitrogen and oxygen atoms in total. The van der Waals surface area contributed by atoms with Crippen LogP contribution in [0.2, 0.25) is 5.02 Å². The fourth-order valence-electron chi connectivity index (χ4n) is 2.55. The molecule has 0 unspecified atom stereocenters. The molecule has 3 aromatic carbocycles. The van der Waals surface area contributed by atoms with Crippen molar-refractivity contribution in [2.24, 2.45) is 0 Å². The highest BCUT2D eigenvalue weighted by atomic mass is 35.5. The van der Waals surface area contributed by atoms with E-state index >= 15 is 0 Å². The predicted octanol–water partition coefficient (Wildman–Crippen LogP) is 5.18. The fraction of sp³-hybridized carbons (Fsp3) is 0.100. The van der Waals surface area contributed by atoms with E-state index in [0.717, 1.165) is 17.2 Å². The molecule has 0 saturated heterocycles. The van der Waals surface area contributed by atoms with Crippen molar-refractivity contribution < 1.29 is 12.8 Å². The van der Waals surface area contributed by atoms with Crippen molar-refractivity contribution in [1.82, 2.24) is 0 Å². The molecule has 0 N–H and O–H groups in total. The van der Waals surface area contributed by atoms with Gasteiger partial charge in [-0.15, -0.1) is 0 Å². The van der Waals surface area contributed by atoms with E-state index in [2.05, 4.69) is 0 Å². The summed E-state index contributed by atoms with van der Waals surface area (Å²) in [7, 11) is -4.09. The van der Waals surface area contributed by atoms with E-state index in [1.807, 2.05) is 31.2 Å². The Morgan fingerprint density at radius 1 is 0.923 bits per heavy atom. The summed E-state index contributed by atoms with van der Waals surface area (Å²) in [6.07, 6.45) is 0. The number of anilines is 1. The monoisotopic (exact) mass is 389 g/mol. The Morgan fingerprint density at radius 3 is 2.15 bits per heavy atom. The number of nitrogens with zero attached hydrogens (tertiary/aromatic N) is 1. The zero-order valence-corrected chi connectivity index (χ0v) is 15.6. The summed E-state index contributed by atoms with van der Waals surface area (Å²) in [5.74, 6) is -0.782. The van der Waals surface area contributed by atoms with Gasteiger partial charge in [0.2, 0.25) is 0 Å². The standard InChI is InChI=1S/C20H17ClFNO2S/c1-15-6-8-16(9-7-15)14-23(18-12-10-17(21)11-13-18)26(24,25)20-5-3-2-4-19(20)22/h2-13H,14H2,1H3. The lowest BCUT2D eigenvalue weighted by atomic mass is 10.1. The van der Waals surface area contributed by atoms with Crippen LogP contribution < -0.4 is 4.31 Å². The average molecular weight is 390 g/mol. The van der Waals surface area contributed by atoms with Gasteiger partial charge in [-0.3, -0.25) is 4.31 Å². The lowest BCUT2D eigenvalue weighted by Crippen LogP contribution is -2.31. The van der Waals surface area contributed by atoms with Crippen molar-refractivity contribution in [3.63, 3.8) is 0 Å². The van der Waals surface area contributed by atoms with Gasteiger partial charge in [-0.05, 0) is 48.9 Å².